The first-order valence-corrected chi connectivity index (χ1v) is 12.9. The molecule has 0 aliphatic heterocycles. The molecule has 0 saturated carbocycles. The van der Waals surface area contributed by atoms with Gasteiger partial charge >= 0.3 is 6.18 Å². The fraction of sp³-hybridized carbons (Fsp3) is 0.219. The van der Waals surface area contributed by atoms with Crippen molar-refractivity contribution in [2.75, 3.05) is 13.2 Å². The van der Waals surface area contributed by atoms with Gasteiger partial charge in [0.05, 0.1) is 34.4 Å². The first kappa shape index (κ1) is 28.2. The third kappa shape index (κ3) is 6.62. The Hall–Kier alpha value is -3.79. The Morgan fingerprint density at radius 1 is 0.846 bits per heavy atom. The van der Waals surface area contributed by atoms with E-state index in [1.165, 1.54) is 6.07 Å². The molecule has 0 bridgehead atoms. The summed E-state index contributed by atoms with van der Waals surface area (Å²) < 4.78 is 46.9. The summed E-state index contributed by atoms with van der Waals surface area (Å²) in [6.45, 7) is 3.13. The number of benzene rings is 4. The maximum atomic E-state index is 13.7. The van der Waals surface area contributed by atoms with Crippen LogP contribution in [-0.4, -0.2) is 18.1 Å². The number of nitriles is 1. The van der Waals surface area contributed by atoms with Crippen molar-refractivity contribution in [3.05, 3.63) is 136 Å². The molecule has 200 valence electrons. The number of rotatable bonds is 10. The van der Waals surface area contributed by atoms with Crippen LogP contribution < -0.4 is 4.74 Å². The Labute approximate surface area is 232 Å². The van der Waals surface area contributed by atoms with Crippen LogP contribution in [0.5, 0.6) is 5.75 Å². The SMILES string of the molecule is CC(c1ccccc1)(c1ccccc1)N(CCCOc1cccc(C#N)c1)Cc1cccc(C(F)(F)F)c1Cl. The monoisotopic (exact) mass is 548 g/mol. The minimum absolute atomic E-state index is 0.187. The number of ether oxygens (including phenoxy) is 1. The second-order valence-corrected chi connectivity index (χ2v) is 9.72. The van der Waals surface area contributed by atoms with Gasteiger partial charge in [-0.15, -0.1) is 0 Å². The van der Waals surface area contributed by atoms with Crippen LogP contribution in [0.25, 0.3) is 0 Å². The van der Waals surface area contributed by atoms with Crippen molar-refractivity contribution in [2.24, 2.45) is 0 Å². The lowest BCUT2D eigenvalue weighted by Gasteiger charge is -2.43. The van der Waals surface area contributed by atoms with E-state index >= 15 is 0 Å². The summed E-state index contributed by atoms with van der Waals surface area (Å²) in [7, 11) is 0. The smallest absolute Gasteiger partial charge is 0.417 e. The average Bonchev–Trinajstić information content (AvgIpc) is 2.95. The van der Waals surface area contributed by atoms with E-state index in [9.17, 15) is 13.2 Å². The molecule has 39 heavy (non-hydrogen) atoms. The molecule has 3 nitrogen and oxygen atoms in total. The lowest BCUT2D eigenvalue weighted by Crippen LogP contribution is -2.45. The fourth-order valence-corrected chi connectivity index (χ4v) is 5.04. The van der Waals surface area contributed by atoms with Gasteiger partial charge in [0.25, 0.3) is 0 Å². The summed E-state index contributed by atoms with van der Waals surface area (Å²) >= 11 is 6.35. The predicted molar refractivity (Wildman–Crippen MR) is 147 cm³/mol. The average molecular weight is 549 g/mol. The molecule has 0 spiro atoms. The van der Waals surface area contributed by atoms with Crippen LogP contribution in [0.15, 0.2) is 103 Å². The fourth-order valence-electron chi connectivity index (χ4n) is 4.75. The Kier molecular flexibility index (Phi) is 8.96. The minimum atomic E-state index is -4.55. The largest absolute Gasteiger partial charge is 0.494 e. The molecule has 0 radical (unpaired) electrons. The molecule has 0 saturated heterocycles. The molecular formula is C32H28ClF3N2O. The second-order valence-electron chi connectivity index (χ2n) is 9.34. The highest BCUT2D eigenvalue weighted by Crippen LogP contribution is 2.40. The van der Waals surface area contributed by atoms with E-state index in [4.69, 9.17) is 21.6 Å². The molecule has 0 aromatic heterocycles. The molecule has 0 fully saturated rings. The molecule has 0 heterocycles. The van der Waals surface area contributed by atoms with Crippen LogP contribution in [0.3, 0.4) is 0 Å². The maximum Gasteiger partial charge on any atom is 0.417 e. The van der Waals surface area contributed by atoms with Gasteiger partial charge in [-0.05, 0) is 54.3 Å². The van der Waals surface area contributed by atoms with Gasteiger partial charge in [0.2, 0.25) is 0 Å². The zero-order valence-electron chi connectivity index (χ0n) is 21.5. The Morgan fingerprint density at radius 3 is 2.05 bits per heavy atom. The normalized spacial score (nSPS) is 11.8. The summed E-state index contributed by atoms with van der Waals surface area (Å²) in [6, 6.07) is 32.9. The quantitative estimate of drug-likeness (QED) is 0.186. The van der Waals surface area contributed by atoms with Crippen molar-refractivity contribution >= 4 is 11.6 Å². The Morgan fingerprint density at radius 2 is 1.46 bits per heavy atom. The molecular weight excluding hydrogens is 521 g/mol. The minimum Gasteiger partial charge on any atom is -0.494 e. The van der Waals surface area contributed by atoms with E-state index in [1.807, 2.05) is 60.7 Å². The highest BCUT2D eigenvalue weighted by Gasteiger charge is 2.37. The molecule has 7 heteroatoms. The third-order valence-electron chi connectivity index (χ3n) is 6.85. The van der Waals surface area contributed by atoms with Crippen molar-refractivity contribution in [3.63, 3.8) is 0 Å². The van der Waals surface area contributed by atoms with E-state index in [0.29, 0.717) is 36.4 Å². The van der Waals surface area contributed by atoms with Crippen LogP contribution in [0.1, 0.15) is 41.2 Å². The van der Waals surface area contributed by atoms with Crippen molar-refractivity contribution in [3.8, 4) is 11.8 Å². The van der Waals surface area contributed by atoms with Crippen LogP contribution in [0, 0.1) is 11.3 Å². The third-order valence-corrected chi connectivity index (χ3v) is 7.30. The van der Waals surface area contributed by atoms with Crippen molar-refractivity contribution in [1.29, 1.82) is 5.26 Å². The van der Waals surface area contributed by atoms with Crippen molar-refractivity contribution < 1.29 is 17.9 Å². The lowest BCUT2D eigenvalue weighted by atomic mass is 9.82. The van der Waals surface area contributed by atoms with Gasteiger partial charge < -0.3 is 4.74 Å². The number of halogens is 4. The number of hydrogen-bond donors (Lipinski definition) is 0. The van der Waals surface area contributed by atoms with E-state index < -0.39 is 17.3 Å². The number of hydrogen-bond acceptors (Lipinski definition) is 3. The van der Waals surface area contributed by atoms with Crippen LogP contribution in [0.4, 0.5) is 13.2 Å². The van der Waals surface area contributed by atoms with E-state index in [1.54, 1.807) is 30.3 Å². The highest BCUT2D eigenvalue weighted by atomic mass is 35.5. The topological polar surface area (TPSA) is 36.3 Å². The Bertz CT molecular complexity index is 1380. The molecule has 0 N–H and O–H groups in total. The van der Waals surface area contributed by atoms with Gasteiger partial charge in [-0.1, -0.05) is 90.5 Å². The molecule has 4 aromatic rings. The van der Waals surface area contributed by atoms with Gasteiger partial charge in [-0.25, -0.2) is 0 Å². The number of alkyl halides is 3. The Balaban J connectivity index is 1.69. The standard InChI is InChI=1S/C32H28ClF3N2O/c1-31(26-13-4-2-5-14-26,27-15-6-3-7-16-27)38(19-10-20-39-28-17-8-11-24(21-28)22-37)23-25-12-9-18-29(30(25)33)32(34,35)36/h2-9,11-18,21H,10,19-20,23H2,1H3. The van der Waals surface area contributed by atoms with Crippen LogP contribution >= 0.6 is 11.6 Å². The summed E-state index contributed by atoms with van der Waals surface area (Å²) in [6.07, 6.45) is -3.96. The lowest BCUT2D eigenvalue weighted by molar-refractivity contribution is -0.137. The summed E-state index contributed by atoms with van der Waals surface area (Å²) in [5.41, 5.74) is 1.38. The van der Waals surface area contributed by atoms with E-state index in [-0.39, 0.29) is 11.6 Å². The predicted octanol–water partition coefficient (Wildman–Crippen LogP) is 8.47. The molecule has 0 atom stereocenters. The van der Waals surface area contributed by atoms with Gasteiger partial charge in [0.1, 0.15) is 5.75 Å². The van der Waals surface area contributed by atoms with Gasteiger partial charge in [-0.2, -0.15) is 18.4 Å². The molecule has 4 rings (SSSR count). The molecule has 4 aromatic carbocycles. The molecule has 0 aliphatic carbocycles. The summed E-state index contributed by atoms with van der Waals surface area (Å²) in [5, 5.41) is 8.86. The zero-order valence-corrected chi connectivity index (χ0v) is 22.2. The second kappa shape index (κ2) is 12.4. The van der Waals surface area contributed by atoms with Gasteiger partial charge in [0, 0.05) is 13.1 Å². The van der Waals surface area contributed by atoms with Crippen molar-refractivity contribution in [2.45, 2.75) is 31.6 Å². The first-order valence-electron chi connectivity index (χ1n) is 12.6. The zero-order chi connectivity index (χ0) is 27.9. The van der Waals surface area contributed by atoms with Gasteiger partial charge in [-0.3, -0.25) is 4.90 Å². The molecule has 0 unspecified atom stereocenters. The number of nitrogens with zero attached hydrogens (tertiary/aromatic N) is 2. The van der Waals surface area contributed by atoms with E-state index in [0.717, 1.165) is 17.2 Å². The first-order chi connectivity index (χ1) is 18.7. The molecule has 0 amide bonds. The molecule has 0 aliphatic rings. The highest BCUT2D eigenvalue weighted by molar-refractivity contribution is 6.32. The maximum absolute atomic E-state index is 13.7. The van der Waals surface area contributed by atoms with Crippen molar-refractivity contribution in [1.82, 2.24) is 4.90 Å². The van der Waals surface area contributed by atoms with E-state index in [2.05, 4.69) is 17.9 Å². The van der Waals surface area contributed by atoms with Crippen LogP contribution in [-0.2, 0) is 18.3 Å². The van der Waals surface area contributed by atoms with Crippen LogP contribution in [0.2, 0.25) is 5.02 Å². The summed E-state index contributed by atoms with van der Waals surface area (Å²) in [4.78, 5) is 2.15. The van der Waals surface area contributed by atoms with Gasteiger partial charge in [0.15, 0.2) is 0 Å². The summed E-state index contributed by atoms with van der Waals surface area (Å²) in [5.74, 6) is 0.593.